The number of methoxy groups -OCH3 is 1. The number of hydrogen-bond donors (Lipinski definition) is 0. The maximum atomic E-state index is 13.8. The van der Waals surface area contributed by atoms with Crippen molar-refractivity contribution in [3.05, 3.63) is 29.3 Å². The summed E-state index contributed by atoms with van der Waals surface area (Å²) in [4.78, 5) is 2.38. The lowest BCUT2D eigenvalue weighted by atomic mass is 10.0. The van der Waals surface area contributed by atoms with Gasteiger partial charge in [0, 0.05) is 26.2 Å². The average Bonchev–Trinajstić information content (AvgIpc) is 2.80. The highest BCUT2D eigenvalue weighted by Gasteiger charge is 2.28. The first-order chi connectivity index (χ1) is 11.7. The summed E-state index contributed by atoms with van der Waals surface area (Å²) in [5, 5.41) is 0. The van der Waals surface area contributed by atoms with Crippen LogP contribution in [0.4, 0.5) is 8.78 Å². The summed E-state index contributed by atoms with van der Waals surface area (Å²) < 4.78 is 43.8. The van der Waals surface area contributed by atoms with Crippen molar-refractivity contribution in [3.8, 4) is 5.75 Å². The molecule has 2 aliphatic heterocycles. The number of rotatable bonds is 5. The number of nitrogens with zero attached hydrogens (tertiary/aromatic N) is 1. The standard InChI is InChI=1S/C18H25F2NO3/c1-22-18-16(19)10-13(11-17(18)20)9-14-3-4-15(24-14)12-21-5-2-7-23-8-6-21/h10-11,14-15H,2-9,12H2,1H3/t14-,15+/m0/s1. The molecule has 2 fully saturated rings. The molecule has 0 aromatic heterocycles. The quantitative estimate of drug-likeness (QED) is 0.824. The summed E-state index contributed by atoms with van der Waals surface area (Å²) in [7, 11) is 1.26. The number of halogens is 2. The minimum atomic E-state index is -0.661. The van der Waals surface area contributed by atoms with E-state index in [9.17, 15) is 8.78 Å². The lowest BCUT2D eigenvalue weighted by Gasteiger charge is -2.23. The Hall–Kier alpha value is -1.24. The molecule has 3 rings (SSSR count). The van der Waals surface area contributed by atoms with Crippen molar-refractivity contribution in [1.82, 2.24) is 4.90 Å². The Morgan fingerprint density at radius 1 is 1.12 bits per heavy atom. The number of hydrogen-bond acceptors (Lipinski definition) is 4. The largest absolute Gasteiger partial charge is 0.491 e. The summed E-state index contributed by atoms with van der Waals surface area (Å²) in [6.07, 6.45) is 3.71. The molecule has 2 saturated heterocycles. The summed E-state index contributed by atoms with van der Waals surface area (Å²) >= 11 is 0. The van der Waals surface area contributed by atoms with Crippen LogP contribution in [-0.2, 0) is 15.9 Å². The Morgan fingerprint density at radius 2 is 1.88 bits per heavy atom. The molecule has 24 heavy (non-hydrogen) atoms. The van der Waals surface area contributed by atoms with Crippen LogP contribution in [0.2, 0.25) is 0 Å². The summed E-state index contributed by atoms with van der Waals surface area (Å²) in [5.41, 5.74) is 0.611. The predicted molar refractivity (Wildman–Crippen MR) is 86.4 cm³/mol. The van der Waals surface area contributed by atoms with E-state index >= 15 is 0 Å². The van der Waals surface area contributed by atoms with Crippen LogP contribution >= 0.6 is 0 Å². The van der Waals surface area contributed by atoms with E-state index in [2.05, 4.69) is 4.90 Å². The van der Waals surface area contributed by atoms with Crippen LogP contribution in [0.3, 0.4) is 0 Å². The van der Waals surface area contributed by atoms with Crippen molar-refractivity contribution in [2.24, 2.45) is 0 Å². The summed E-state index contributed by atoms with van der Waals surface area (Å²) in [6.45, 7) is 4.50. The SMILES string of the molecule is COc1c(F)cc(C[C@@H]2CC[C@H](CN3CCCOCC3)O2)cc1F. The molecule has 2 aliphatic rings. The maximum Gasteiger partial charge on any atom is 0.190 e. The van der Waals surface area contributed by atoms with Gasteiger partial charge in [0.15, 0.2) is 17.4 Å². The Labute approximate surface area is 141 Å². The number of ether oxygens (including phenoxy) is 3. The maximum absolute atomic E-state index is 13.8. The van der Waals surface area contributed by atoms with Crippen LogP contribution < -0.4 is 4.74 Å². The van der Waals surface area contributed by atoms with Gasteiger partial charge in [0.25, 0.3) is 0 Å². The second-order valence-corrected chi connectivity index (χ2v) is 6.52. The molecule has 1 aromatic rings. The lowest BCUT2D eigenvalue weighted by Crippen LogP contribution is -2.34. The molecular weight excluding hydrogens is 316 g/mol. The highest BCUT2D eigenvalue weighted by atomic mass is 19.1. The summed E-state index contributed by atoms with van der Waals surface area (Å²) in [5.74, 6) is -1.65. The van der Waals surface area contributed by atoms with Gasteiger partial charge in [-0.05, 0) is 43.4 Å². The van der Waals surface area contributed by atoms with Crippen LogP contribution in [0, 0.1) is 11.6 Å². The molecular formula is C18H25F2NO3. The predicted octanol–water partition coefficient (Wildman–Crippen LogP) is 2.79. The van der Waals surface area contributed by atoms with Crippen molar-refractivity contribution in [1.29, 1.82) is 0 Å². The zero-order chi connectivity index (χ0) is 16.9. The molecule has 0 N–H and O–H groups in total. The smallest absolute Gasteiger partial charge is 0.190 e. The van der Waals surface area contributed by atoms with Crippen LogP contribution in [0.25, 0.3) is 0 Å². The fourth-order valence-corrected chi connectivity index (χ4v) is 3.52. The van der Waals surface area contributed by atoms with Gasteiger partial charge in [-0.1, -0.05) is 0 Å². The summed E-state index contributed by atoms with van der Waals surface area (Å²) in [6, 6.07) is 2.68. The molecule has 0 aliphatic carbocycles. The van der Waals surface area contributed by atoms with Gasteiger partial charge in [-0.3, -0.25) is 4.90 Å². The van der Waals surface area contributed by atoms with Crippen LogP contribution in [0.5, 0.6) is 5.75 Å². The molecule has 4 nitrogen and oxygen atoms in total. The Kier molecular flexibility index (Phi) is 6.03. The highest BCUT2D eigenvalue weighted by Crippen LogP contribution is 2.27. The second-order valence-electron chi connectivity index (χ2n) is 6.52. The van der Waals surface area contributed by atoms with E-state index in [1.165, 1.54) is 19.2 Å². The van der Waals surface area contributed by atoms with Gasteiger partial charge < -0.3 is 14.2 Å². The first-order valence-electron chi connectivity index (χ1n) is 8.63. The molecule has 0 bridgehead atoms. The van der Waals surface area contributed by atoms with Gasteiger partial charge >= 0.3 is 0 Å². The van der Waals surface area contributed by atoms with Gasteiger partial charge in [0.2, 0.25) is 0 Å². The molecule has 0 saturated carbocycles. The second kappa shape index (κ2) is 8.23. The molecule has 134 valence electrons. The molecule has 2 heterocycles. The minimum Gasteiger partial charge on any atom is -0.491 e. The van der Waals surface area contributed by atoms with Gasteiger partial charge in [0.05, 0.1) is 25.9 Å². The minimum absolute atomic E-state index is 0.0189. The van der Waals surface area contributed by atoms with E-state index in [4.69, 9.17) is 14.2 Å². The van der Waals surface area contributed by atoms with Crippen LogP contribution in [0.1, 0.15) is 24.8 Å². The zero-order valence-electron chi connectivity index (χ0n) is 14.1. The number of benzene rings is 1. The third kappa shape index (κ3) is 4.43. The third-order valence-electron chi connectivity index (χ3n) is 4.70. The molecule has 6 heteroatoms. The van der Waals surface area contributed by atoms with Crippen molar-refractivity contribution in [3.63, 3.8) is 0 Å². The molecule has 0 unspecified atom stereocenters. The molecule has 0 spiro atoms. The van der Waals surface area contributed by atoms with E-state index in [1.807, 2.05) is 0 Å². The molecule has 1 aromatic carbocycles. The molecule has 2 atom stereocenters. The fraction of sp³-hybridized carbons (Fsp3) is 0.667. The van der Waals surface area contributed by atoms with Crippen LogP contribution in [0.15, 0.2) is 12.1 Å². The van der Waals surface area contributed by atoms with Crippen molar-refractivity contribution < 1.29 is 23.0 Å². The zero-order valence-corrected chi connectivity index (χ0v) is 14.1. The monoisotopic (exact) mass is 341 g/mol. The topological polar surface area (TPSA) is 30.9 Å². The van der Waals surface area contributed by atoms with E-state index in [1.54, 1.807) is 0 Å². The molecule has 0 radical (unpaired) electrons. The first-order valence-corrected chi connectivity index (χ1v) is 8.63. The Morgan fingerprint density at radius 3 is 2.62 bits per heavy atom. The van der Waals surface area contributed by atoms with Gasteiger partial charge in [-0.25, -0.2) is 8.78 Å². The van der Waals surface area contributed by atoms with Gasteiger partial charge in [0.1, 0.15) is 0 Å². The van der Waals surface area contributed by atoms with E-state index in [0.29, 0.717) is 12.0 Å². The Balaban J connectivity index is 1.52. The third-order valence-corrected chi connectivity index (χ3v) is 4.70. The first kappa shape index (κ1) is 17.6. The van der Waals surface area contributed by atoms with Gasteiger partial charge in [-0.2, -0.15) is 0 Å². The highest BCUT2D eigenvalue weighted by molar-refractivity contribution is 5.31. The van der Waals surface area contributed by atoms with E-state index in [-0.39, 0.29) is 18.0 Å². The van der Waals surface area contributed by atoms with Crippen molar-refractivity contribution in [2.75, 3.05) is 40.0 Å². The van der Waals surface area contributed by atoms with Crippen LogP contribution in [-0.4, -0.2) is 57.1 Å². The van der Waals surface area contributed by atoms with Gasteiger partial charge in [-0.15, -0.1) is 0 Å². The van der Waals surface area contributed by atoms with E-state index in [0.717, 1.165) is 52.1 Å². The average molecular weight is 341 g/mol. The fourth-order valence-electron chi connectivity index (χ4n) is 3.52. The Bertz CT molecular complexity index is 524. The van der Waals surface area contributed by atoms with Crippen molar-refractivity contribution in [2.45, 2.75) is 37.9 Å². The van der Waals surface area contributed by atoms with E-state index < -0.39 is 11.6 Å². The lowest BCUT2D eigenvalue weighted by molar-refractivity contribution is 0.0227. The normalized spacial score (nSPS) is 25.6. The molecule has 0 amide bonds. The van der Waals surface area contributed by atoms with Crippen molar-refractivity contribution >= 4 is 0 Å².